The molecule has 0 spiro atoms. The molecule has 3 aromatic rings. The van der Waals surface area contributed by atoms with Crippen molar-refractivity contribution in [2.24, 2.45) is 11.3 Å². The third kappa shape index (κ3) is 4.86. The highest BCUT2D eigenvalue weighted by Crippen LogP contribution is 2.49. The maximum atomic E-state index is 13.8. The van der Waals surface area contributed by atoms with Crippen LogP contribution in [0.2, 0.25) is 0 Å². The Balaban J connectivity index is 1.57. The predicted molar refractivity (Wildman–Crippen MR) is 154 cm³/mol. The molecule has 214 valence electrons. The molecule has 0 aromatic heterocycles. The van der Waals surface area contributed by atoms with Gasteiger partial charge in [-0.05, 0) is 48.3 Å². The molecule has 3 aromatic carbocycles. The Labute approximate surface area is 237 Å². The summed E-state index contributed by atoms with van der Waals surface area (Å²) in [6, 6.07) is 8.32. The molecule has 0 saturated carbocycles. The minimum absolute atomic E-state index is 0.0561. The standard InChI is InChI=1S/C32H33NO8/c1-6-32(4)12-8-9-20(29(32)18(2)16-34)13-19(3)41-31(35)23-15-26-30(40-17-39-26)28-21-10-7-11-25(38-5)22(21)14-24(27(23)28)33(36)37/h6-7,9-11,14-16,19,29,33,36H,1-2,8,12-13,17H2,3-5H3/t19-,29-,32+/m1/s1. The summed E-state index contributed by atoms with van der Waals surface area (Å²) in [7, 11) is 1.51. The number of allylic oxidation sites excluding steroid dienone is 3. The quantitative estimate of drug-likeness (QED) is 0.0899. The highest BCUT2D eigenvalue weighted by molar-refractivity contribution is 6.22. The van der Waals surface area contributed by atoms with Gasteiger partial charge in [-0.3, -0.25) is 4.79 Å². The zero-order chi connectivity index (χ0) is 29.5. The summed E-state index contributed by atoms with van der Waals surface area (Å²) in [6.45, 7) is 11.7. The van der Waals surface area contributed by atoms with Crippen LogP contribution in [0.25, 0.3) is 21.5 Å². The molecule has 1 heterocycles. The molecule has 0 radical (unpaired) electrons. The number of carbonyl (C=O) groups excluding carboxylic acids is 2. The zero-order valence-electron chi connectivity index (χ0n) is 23.3. The SMILES string of the molecule is C=C[C@@]1(C)CCC=C(C[C@@H](C)OC(=O)c2cc3c(c4c2c([NH+]([O-])O)cc2c(OC)cccc24)OCO3)[C@H]1C(=C)C=O. The number of nitrogens with one attached hydrogen (secondary N) is 1. The number of fused-ring (bicyclic) bond motifs is 5. The third-order valence-electron chi connectivity index (χ3n) is 8.17. The number of hydrogen-bond acceptors (Lipinski definition) is 8. The van der Waals surface area contributed by atoms with Gasteiger partial charge in [0.1, 0.15) is 18.1 Å². The molecule has 2 aliphatic rings. The maximum Gasteiger partial charge on any atom is 0.339 e. The van der Waals surface area contributed by atoms with Crippen LogP contribution >= 0.6 is 0 Å². The average molecular weight is 560 g/mol. The maximum absolute atomic E-state index is 13.8. The molecule has 0 bridgehead atoms. The predicted octanol–water partition coefficient (Wildman–Crippen LogP) is 5.35. The highest BCUT2D eigenvalue weighted by atomic mass is 16.8. The van der Waals surface area contributed by atoms with Gasteiger partial charge in [0, 0.05) is 29.2 Å². The van der Waals surface area contributed by atoms with Gasteiger partial charge in [0.2, 0.25) is 6.79 Å². The number of methoxy groups -OCH3 is 1. The van der Waals surface area contributed by atoms with Gasteiger partial charge in [0.15, 0.2) is 17.2 Å². The van der Waals surface area contributed by atoms with E-state index in [0.717, 1.165) is 24.7 Å². The molecule has 1 unspecified atom stereocenters. The van der Waals surface area contributed by atoms with E-state index in [2.05, 4.69) is 26.2 Å². The Hall–Kier alpha value is -4.18. The second kappa shape index (κ2) is 11.0. The summed E-state index contributed by atoms with van der Waals surface area (Å²) in [4.78, 5) is 25.5. The van der Waals surface area contributed by atoms with Crippen molar-refractivity contribution in [1.29, 1.82) is 0 Å². The van der Waals surface area contributed by atoms with E-state index in [9.17, 15) is 20.0 Å². The number of ether oxygens (including phenoxy) is 4. The van der Waals surface area contributed by atoms with Crippen molar-refractivity contribution in [3.63, 3.8) is 0 Å². The van der Waals surface area contributed by atoms with Crippen LogP contribution in [0.15, 0.2) is 66.8 Å². The molecular formula is C32H33NO8. The van der Waals surface area contributed by atoms with E-state index >= 15 is 0 Å². The van der Waals surface area contributed by atoms with Crippen LogP contribution in [0.5, 0.6) is 17.2 Å². The van der Waals surface area contributed by atoms with E-state index in [0.29, 0.717) is 45.4 Å². The van der Waals surface area contributed by atoms with Gasteiger partial charge >= 0.3 is 5.97 Å². The van der Waals surface area contributed by atoms with E-state index in [1.54, 1.807) is 19.1 Å². The van der Waals surface area contributed by atoms with Crippen LogP contribution < -0.4 is 19.4 Å². The highest BCUT2D eigenvalue weighted by Gasteiger charge is 2.38. The number of rotatable bonds is 9. The van der Waals surface area contributed by atoms with E-state index < -0.39 is 17.3 Å². The summed E-state index contributed by atoms with van der Waals surface area (Å²) in [6.07, 6.45) is 6.12. The van der Waals surface area contributed by atoms with E-state index in [4.69, 9.17) is 18.9 Å². The normalized spacial score (nSPS) is 21.2. The summed E-state index contributed by atoms with van der Waals surface area (Å²) in [5, 5.41) is 23.4. The van der Waals surface area contributed by atoms with E-state index in [-0.39, 0.29) is 34.8 Å². The van der Waals surface area contributed by atoms with Gasteiger partial charge < -0.3 is 24.2 Å². The summed E-state index contributed by atoms with van der Waals surface area (Å²) in [5.74, 6) is 0.220. The van der Waals surface area contributed by atoms with E-state index in [1.165, 1.54) is 19.2 Å². The second-order valence-electron chi connectivity index (χ2n) is 10.8. The smallest absolute Gasteiger partial charge is 0.339 e. The fourth-order valence-electron chi connectivity index (χ4n) is 6.24. The molecule has 0 fully saturated rings. The molecule has 1 aliphatic heterocycles. The van der Waals surface area contributed by atoms with Gasteiger partial charge in [-0.1, -0.05) is 43.4 Å². The van der Waals surface area contributed by atoms with Crippen LogP contribution in [0.4, 0.5) is 5.69 Å². The lowest BCUT2D eigenvalue weighted by molar-refractivity contribution is -0.990. The van der Waals surface area contributed by atoms with E-state index in [1.807, 2.05) is 12.1 Å². The lowest BCUT2D eigenvalue weighted by atomic mass is 9.64. The van der Waals surface area contributed by atoms with Crippen molar-refractivity contribution >= 4 is 39.5 Å². The fourth-order valence-corrected chi connectivity index (χ4v) is 6.24. The number of carbonyl (C=O) groups is 2. The summed E-state index contributed by atoms with van der Waals surface area (Å²) < 4.78 is 22.8. The summed E-state index contributed by atoms with van der Waals surface area (Å²) >= 11 is 0. The molecule has 0 saturated heterocycles. The Morgan fingerprint density at radius 2 is 2.07 bits per heavy atom. The Morgan fingerprint density at radius 1 is 1.29 bits per heavy atom. The van der Waals surface area contributed by atoms with Gasteiger partial charge in [-0.2, -0.15) is 5.23 Å². The molecule has 0 amide bonds. The first-order valence-corrected chi connectivity index (χ1v) is 13.4. The molecule has 1 aliphatic carbocycles. The molecule has 9 heteroatoms. The molecule has 4 atom stereocenters. The fraction of sp³-hybridized carbons (Fsp3) is 0.312. The monoisotopic (exact) mass is 559 g/mol. The Morgan fingerprint density at radius 3 is 2.76 bits per heavy atom. The largest absolute Gasteiger partial charge is 0.595 e. The molecule has 9 nitrogen and oxygen atoms in total. The number of esters is 1. The van der Waals surface area contributed by atoms with Gasteiger partial charge in [-0.15, -0.1) is 6.58 Å². The second-order valence-corrected chi connectivity index (χ2v) is 10.8. The van der Waals surface area contributed by atoms with Crippen LogP contribution in [-0.4, -0.2) is 37.5 Å². The van der Waals surface area contributed by atoms with Gasteiger partial charge in [0.05, 0.1) is 18.1 Å². The minimum Gasteiger partial charge on any atom is -0.595 e. The van der Waals surface area contributed by atoms with Crippen molar-refractivity contribution in [2.45, 2.75) is 39.2 Å². The summed E-state index contributed by atoms with van der Waals surface area (Å²) in [5.41, 5.74) is 1.02. The zero-order valence-corrected chi connectivity index (χ0v) is 23.3. The van der Waals surface area contributed by atoms with Gasteiger partial charge in [-0.25, -0.2) is 10.0 Å². The average Bonchev–Trinajstić information content (AvgIpc) is 3.44. The number of benzene rings is 3. The van der Waals surface area contributed by atoms with Crippen molar-refractivity contribution < 1.29 is 39.0 Å². The van der Waals surface area contributed by atoms with Crippen molar-refractivity contribution in [1.82, 2.24) is 0 Å². The van der Waals surface area contributed by atoms with Crippen LogP contribution in [0.1, 0.15) is 43.5 Å². The third-order valence-corrected chi connectivity index (χ3v) is 8.17. The van der Waals surface area contributed by atoms with Crippen molar-refractivity contribution in [3.05, 3.63) is 77.6 Å². The topological polar surface area (TPSA) is 119 Å². The molecule has 41 heavy (non-hydrogen) atoms. The number of aldehydes is 1. The van der Waals surface area contributed by atoms with Crippen LogP contribution in [-0.2, 0) is 9.53 Å². The molecular weight excluding hydrogens is 526 g/mol. The number of hydrogen-bond donors (Lipinski definition) is 2. The molecule has 5 rings (SSSR count). The molecule has 2 N–H and O–H groups in total. The Bertz CT molecular complexity index is 1610. The minimum atomic E-state index is -1.21. The van der Waals surface area contributed by atoms with Crippen molar-refractivity contribution in [3.8, 4) is 17.2 Å². The first-order chi connectivity index (χ1) is 19.6. The lowest BCUT2D eigenvalue weighted by Gasteiger charge is -2.40. The van der Waals surface area contributed by atoms with Gasteiger partial charge in [0.25, 0.3) is 0 Å². The first kappa shape index (κ1) is 28.4. The van der Waals surface area contributed by atoms with Crippen LogP contribution in [0.3, 0.4) is 0 Å². The van der Waals surface area contributed by atoms with Crippen molar-refractivity contribution in [2.75, 3.05) is 13.9 Å². The van der Waals surface area contributed by atoms with Crippen LogP contribution in [0, 0.1) is 16.5 Å². The lowest BCUT2D eigenvalue weighted by Crippen LogP contribution is -2.99. The number of quaternary nitrogens is 1. The first-order valence-electron chi connectivity index (χ1n) is 13.4. The Kier molecular flexibility index (Phi) is 7.61.